The minimum absolute atomic E-state index is 0.0306. The van der Waals surface area contributed by atoms with Crippen LogP contribution in [-0.2, 0) is 4.79 Å². The summed E-state index contributed by atoms with van der Waals surface area (Å²) < 4.78 is 5.10. The standard InChI is InChI=1S/C15H20N6O2S/c1-8(2)11(24-15-20-13(16)19-14(17)21-15)12(22)18-9-4-6-10(23-3)7-5-9/h4-8,11H,1-3H3,(H,18,22)(H4,16,17,19,20,21)/t11-/m0/s1. The molecule has 1 atom stereocenters. The molecule has 1 heterocycles. The second kappa shape index (κ2) is 7.82. The largest absolute Gasteiger partial charge is 0.497 e. The third-order valence-corrected chi connectivity index (χ3v) is 4.51. The van der Waals surface area contributed by atoms with Crippen LogP contribution >= 0.6 is 11.8 Å². The Morgan fingerprint density at radius 2 is 1.71 bits per heavy atom. The van der Waals surface area contributed by atoms with E-state index in [2.05, 4.69) is 20.3 Å². The number of amides is 1. The van der Waals surface area contributed by atoms with Gasteiger partial charge in [0.25, 0.3) is 0 Å². The minimum Gasteiger partial charge on any atom is -0.497 e. The first-order chi connectivity index (χ1) is 11.4. The fourth-order valence-electron chi connectivity index (χ4n) is 1.93. The number of carbonyl (C=O) groups excluding carboxylic acids is 1. The Labute approximate surface area is 144 Å². The van der Waals surface area contributed by atoms with E-state index in [4.69, 9.17) is 16.2 Å². The number of benzene rings is 1. The molecule has 0 aliphatic heterocycles. The molecule has 1 amide bonds. The molecule has 0 unspecified atom stereocenters. The predicted molar refractivity (Wildman–Crippen MR) is 94.8 cm³/mol. The van der Waals surface area contributed by atoms with Crippen molar-refractivity contribution < 1.29 is 9.53 Å². The monoisotopic (exact) mass is 348 g/mol. The van der Waals surface area contributed by atoms with Crippen LogP contribution in [0.15, 0.2) is 29.4 Å². The van der Waals surface area contributed by atoms with Crippen LogP contribution in [0.25, 0.3) is 0 Å². The number of thioether (sulfide) groups is 1. The number of hydrogen-bond acceptors (Lipinski definition) is 8. The van der Waals surface area contributed by atoms with E-state index < -0.39 is 5.25 Å². The molecular weight excluding hydrogens is 328 g/mol. The number of nitrogens with two attached hydrogens (primary N) is 2. The van der Waals surface area contributed by atoms with Gasteiger partial charge >= 0.3 is 0 Å². The number of methoxy groups -OCH3 is 1. The molecule has 9 heteroatoms. The Kier molecular flexibility index (Phi) is 5.80. The van der Waals surface area contributed by atoms with Gasteiger partial charge in [0, 0.05) is 5.69 Å². The highest BCUT2D eigenvalue weighted by Crippen LogP contribution is 2.27. The summed E-state index contributed by atoms with van der Waals surface area (Å²) in [4.78, 5) is 24.3. The smallest absolute Gasteiger partial charge is 0.238 e. The summed E-state index contributed by atoms with van der Waals surface area (Å²) in [5, 5.41) is 2.79. The van der Waals surface area contributed by atoms with Gasteiger partial charge in [-0.3, -0.25) is 4.79 Å². The molecule has 0 aliphatic carbocycles. The molecule has 0 fully saturated rings. The van der Waals surface area contributed by atoms with E-state index in [0.717, 1.165) is 5.75 Å². The zero-order valence-electron chi connectivity index (χ0n) is 13.7. The first kappa shape index (κ1) is 17.8. The van der Waals surface area contributed by atoms with Gasteiger partial charge in [0.2, 0.25) is 17.8 Å². The number of nitrogens with one attached hydrogen (secondary N) is 1. The molecule has 0 saturated carbocycles. The van der Waals surface area contributed by atoms with Gasteiger partial charge in [0.05, 0.1) is 12.4 Å². The molecule has 5 N–H and O–H groups in total. The van der Waals surface area contributed by atoms with Crippen LogP contribution in [0.5, 0.6) is 5.75 Å². The SMILES string of the molecule is COc1ccc(NC(=O)[C@@H](Sc2nc(N)nc(N)n2)C(C)C)cc1. The lowest BCUT2D eigenvalue weighted by Gasteiger charge is -2.19. The van der Waals surface area contributed by atoms with Crippen molar-refractivity contribution in [3.05, 3.63) is 24.3 Å². The summed E-state index contributed by atoms with van der Waals surface area (Å²) in [5.41, 5.74) is 11.8. The van der Waals surface area contributed by atoms with Gasteiger partial charge in [-0.2, -0.15) is 15.0 Å². The van der Waals surface area contributed by atoms with E-state index in [9.17, 15) is 4.79 Å². The second-order valence-electron chi connectivity index (χ2n) is 5.33. The lowest BCUT2D eigenvalue weighted by atomic mass is 10.1. The predicted octanol–water partition coefficient (Wildman–Crippen LogP) is 1.80. The number of hydrogen-bond donors (Lipinski definition) is 3. The highest BCUT2D eigenvalue weighted by Gasteiger charge is 2.25. The van der Waals surface area contributed by atoms with Crippen molar-refractivity contribution in [3.8, 4) is 5.75 Å². The van der Waals surface area contributed by atoms with Crippen LogP contribution in [-0.4, -0.2) is 33.2 Å². The van der Waals surface area contributed by atoms with Crippen molar-refractivity contribution in [1.82, 2.24) is 15.0 Å². The normalized spacial score (nSPS) is 12.0. The summed E-state index contributed by atoms with van der Waals surface area (Å²) in [6.45, 7) is 3.89. The van der Waals surface area contributed by atoms with Gasteiger partial charge in [0.15, 0.2) is 5.16 Å². The Morgan fingerprint density at radius 1 is 1.12 bits per heavy atom. The van der Waals surface area contributed by atoms with Crippen LogP contribution in [0, 0.1) is 5.92 Å². The first-order valence-corrected chi connectivity index (χ1v) is 8.15. The van der Waals surface area contributed by atoms with E-state index in [1.54, 1.807) is 31.4 Å². The van der Waals surface area contributed by atoms with Gasteiger partial charge in [-0.15, -0.1) is 0 Å². The highest BCUT2D eigenvalue weighted by molar-refractivity contribution is 8.00. The Bertz CT molecular complexity index is 687. The number of ether oxygens (including phenoxy) is 1. The van der Waals surface area contributed by atoms with Crippen LogP contribution in [0.4, 0.5) is 17.6 Å². The van der Waals surface area contributed by atoms with Gasteiger partial charge in [-0.05, 0) is 30.2 Å². The Hall–Kier alpha value is -2.55. The van der Waals surface area contributed by atoms with Crippen LogP contribution < -0.4 is 21.5 Å². The zero-order valence-corrected chi connectivity index (χ0v) is 14.5. The van der Waals surface area contributed by atoms with Crippen molar-refractivity contribution in [2.24, 2.45) is 5.92 Å². The van der Waals surface area contributed by atoms with E-state index in [0.29, 0.717) is 10.8 Å². The number of nitrogen functional groups attached to an aromatic ring is 2. The average molecular weight is 348 g/mol. The fourth-order valence-corrected chi connectivity index (χ4v) is 2.89. The maximum atomic E-state index is 12.6. The maximum Gasteiger partial charge on any atom is 0.238 e. The van der Waals surface area contributed by atoms with Crippen LogP contribution in [0.1, 0.15) is 13.8 Å². The molecule has 1 aromatic carbocycles. The Morgan fingerprint density at radius 3 is 2.21 bits per heavy atom. The van der Waals surface area contributed by atoms with Gasteiger partial charge < -0.3 is 21.5 Å². The highest BCUT2D eigenvalue weighted by atomic mass is 32.2. The fraction of sp³-hybridized carbons (Fsp3) is 0.333. The van der Waals surface area contributed by atoms with Gasteiger partial charge in [-0.25, -0.2) is 0 Å². The molecule has 1 aromatic heterocycles. The van der Waals surface area contributed by atoms with Crippen molar-refractivity contribution in [1.29, 1.82) is 0 Å². The maximum absolute atomic E-state index is 12.6. The second-order valence-corrected chi connectivity index (χ2v) is 6.44. The number of aromatic nitrogens is 3. The van der Waals surface area contributed by atoms with Crippen molar-refractivity contribution in [2.75, 3.05) is 23.9 Å². The molecule has 0 aliphatic rings. The van der Waals surface area contributed by atoms with E-state index in [1.807, 2.05) is 13.8 Å². The molecule has 2 aromatic rings. The van der Waals surface area contributed by atoms with Gasteiger partial charge in [0.1, 0.15) is 5.75 Å². The lowest BCUT2D eigenvalue weighted by molar-refractivity contribution is -0.116. The third-order valence-electron chi connectivity index (χ3n) is 3.10. The van der Waals surface area contributed by atoms with Crippen molar-refractivity contribution in [2.45, 2.75) is 24.3 Å². The molecule has 0 saturated heterocycles. The molecule has 0 spiro atoms. The molecule has 128 valence electrons. The molecule has 24 heavy (non-hydrogen) atoms. The molecule has 0 radical (unpaired) electrons. The van der Waals surface area contributed by atoms with Gasteiger partial charge in [-0.1, -0.05) is 25.6 Å². The topological polar surface area (TPSA) is 129 Å². The minimum atomic E-state index is -0.409. The quantitative estimate of drug-likeness (QED) is 0.674. The zero-order chi connectivity index (χ0) is 17.7. The first-order valence-electron chi connectivity index (χ1n) is 7.27. The number of carbonyl (C=O) groups is 1. The molecule has 8 nitrogen and oxygen atoms in total. The number of nitrogens with zero attached hydrogens (tertiary/aromatic N) is 3. The summed E-state index contributed by atoms with van der Waals surface area (Å²) in [6, 6.07) is 7.11. The summed E-state index contributed by atoms with van der Waals surface area (Å²) in [5.74, 6) is 0.676. The molecule has 0 bridgehead atoms. The van der Waals surface area contributed by atoms with Crippen molar-refractivity contribution in [3.63, 3.8) is 0 Å². The van der Waals surface area contributed by atoms with Crippen LogP contribution in [0.3, 0.4) is 0 Å². The third kappa shape index (κ3) is 4.72. The summed E-state index contributed by atoms with van der Waals surface area (Å²) >= 11 is 1.20. The van der Waals surface area contributed by atoms with Crippen molar-refractivity contribution >= 4 is 35.3 Å². The van der Waals surface area contributed by atoms with E-state index in [-0.39, 0.29) is 23.7 Å². The lowest BCUT2D eigenvalue weighted by Crippen LogP contribution is -2.30. The summed E-state index contributed by atoms with van der Waals surface area (Å²) in [7, 11) is 1.59. The Balaban J connectivity index is 2.12. The average Bonchev–Trinajstić information content (AvgIpc) is 2.52. The van der Waals surface area contributed by atoms with Crippen LogP contribution in [0.2, 0.25) is 0 Å². The summed E-state index contributed by atoms with van der Waals surface area (Å²) in [6.07, 6.45) is 0. The number of rotatable bonds is 6. The molecule has 2 rings (SSSR count). The number of anilines is 3. The van der Waals surface area contributed by atoms with E-state index >= 15 is 0 Å². The van der Waals surface area contributed by atoms with E-state index in [1.165, 1.54) is 11.8 Å². The molecular formula is C15H20N6O2S.